The van der Waals surface area contributed by atoms with Gasteiger partial charge in [0.2, 0.25) is 0 Å². The van der Waals surface area contributed by atoms with Crippen LogP contribution in [0.25, 0.3) is 0 Å². The molecule has 0 aliphatic carbocycles. The SMILES string of the molecule is CCCCCCCCCCCCCCCCCCCC(=O)OC[C@@H](COC(=O)CCCCCCCCCCCCCCCC)OC(=O)CCCCCCCCCCCCC(C)C. The molecule has 1 atom stereocenters. The molecule has 368 valence electrons. The molecule has 0 bridgehead atoms. The minimum Gasteiger partial charge on any atom is -0.462 e. The molecule has 0 radical (unpaired) electrons. The average molecular weight is 877 g/mol. The molecular formula is C56H108O6. The molecule has 62 heavy (non-hydrogen) atoms. The summed E-state index contributed by atoms with van der Waals surface area (Å²) in [5, 5.41) is 0. The molecule has 0 aliphatic rings. The second-order valence-electron chi connectivity index (χ2n) is 19.7. The Labute approximate surface area is 387 Å². The predicted molar refractivity (Wildman–Crippen MR) is 266 cm³/mol. The zero-order valence-corrected chi connectivity index (χ0v) is 42.3. The van der Waals surface area contributed by atoms with Gasteiger partial charge < -0.3 is 14.2 Å². The summed E-state index contributed by atoms with van der Waals surface area (Å²) in [7, 11) is 0. The maximum absolute atomic E-state index is 12.8. The zero-order valence-electron chi connectivity index (χ0n) is 42.3. The van der Waals surface area contributed by atoms with E-state index in [2.05, 4.69) is 27.7 Å². The van der Waals surface area contributed by atoms with E-state index in [0.717, 1.165) is 63.7 Å². The van der Waals surface area contributed by atoms with Crippen LogP contribution in [0.1, 0.15) is 317 Å². The van der Waals surface area contributed by atoms with Crippen molar-refractivity contribution in [3.63, 3.8) is 0 Å². The van der Waals surface area contributed by atoms with Crippen LogP contribution in [0.2, 0.25) is 0 Å². The summed E-state index contributed by atoms with van der Waals surface area (Å²) in [6, 6.07) is 0. The molecule has 0 fully saturated rings. The van der Waals surface area contributed by atoms with Crippen molar-refractivity contribution in [2.45, 2.75) is 323 Å². The van der Waals surface area contributed by atoms with E-state index < -0.39 is 6.10 Å². The largest absolute Gasteiger partial charge is 0.462 e. The first-order chi connectivity index (χ1) is 30.4. The first kappa shape index (κ1) is 60.4. The van der Waals surface area contributed by atoms with Crippen molar-refractivity contribution >= 4 is 17.9 Å². The maximum atomic E-state index is 12.8. The minimum absolute atomic E-state index is 0.0624. The van der Waals surface area contributed by atoms with Crippen molar-refractivity contribution in [3.05, 3.63) is 0 Å². The molecule has 0 rings (SSSR count). The van der Waals surface area contributed by atoms with Gasteiger partial charge in [0.05, 0.1) is 0 Å². The molecule has 0 spiro atoms. The first-order valence-corrected chi connectivity index (χ1v) is 27.9. The van der Waals surface area contributed by atoms with Crippen LogP contribution < -0.4 is 0 Å². The van der Waals surface area contributed by atoms with Crippen molar-refractivity contribution < 1.29 is 28.6 Å². The van der Waals surface area contributed by atoms with Gasteiger partial charge in [-0.05, 0) is 25.2 Å². The molecular weight excluding hydrogens is 769 g/mol. The van der Waals surface area contributed by atoms with Crippen LogP contribution >= 0.6 is 0 Å². The van der Waals surface area contributed by atoms with Crippen molar-refractivity contribution in [1.82, 2.24) is 0 Å². The van der Waals surface area contributed by atoms with Gasteiger partial charge in [0.25, 0.3) is 0 Å². The van der Waals surface area contributed by atoms with Gasteiger partial charge in [0.15, 0.2) is 6.10 Å². The third-order valence-electron chi connectivity index (χ3n) is 12.8. The number of carbonyl (C=O) groups excluding carboxylic acids is 3. The summed E-state index contributed by atoms with van der Waals surface area (Å²) in [5.41, 5.74) is 0. The summed E-state index contributed by atoms with van der Waals surface area (Å²) < 4.78 is 16.9. The van der Waals surface area contributed by atoms with Crippen LogP contribution in [0.4, 0.5) is 0 Å². The maximum Gasteiger partial charge on any atom is 0.306 e. The molecule has 0 amide bonds. The van der Waals surface area contributed by atoms with Crippen molar-refractivity contribution in [2.24, 2.45) is 5.92 Å². The quantitative estimate of drug-likeness (QED) is 0.0344. The lowest BCUT2D eigenvalue weighted by atomic mass is 10.0. The molecule has 0 N–H and O–H groups in total. The Morgan fingerprint density at radius 1 is 0.306 bits per heavy atom. The van der Waals surface area contributed by atoms with Crippen LogP contribution in [0.3, 0.4) is 0 Å². The average Bonchev–Trinajstić information content (AvgIpc) is 3.26. The number of hydrogen-bond donors (Lipinski definition) is 0. The highest BCUT2D eigenvalue weighted by atomic mass is 16.6. The third-order valence-corrected chi connectivity index (χ3v) is 12.8. The summed E-state index contributed by atoms with van der Waals surface area (Å²) in [6.45, 7) is 9.04. The number of unbranched alkanes of at least 4 members (excludes halogenated alkanes) is 38. The Balaban J connectivity index is 4.28. The number of rotatable bonds is 51. The fourth-order valence-corrected chi connectivity index (χ4v) is 8.57. The molecule has 0 heterocycles. The number of ether oxygens (including phenoxy) is 3. The van der Waals surface area contributed by atoms with Crippen molar-refractivity contribution in [2.75, 3.05) is 13.2 Å². The molecule has 0 saturated heterocycles. The summed E-state index contributed by atoms with van der Waals surface area (Å²) >= 11 is 0. The Morgan fingerprint density at radius 3 is 0.790 bits per heavy atom. The number of carbonyl (C=O) groups is 3. The highest BCUT2D eigenvalue weighted by Gasteiger charge is 2.19. The van der Waals surface area contributed by atoms with E-state index in [9.17, 15) is 14.4 Å². The molecule has 0 aromatic heterocycles. The summed E-state index contributed by atoms with van der Waals surface area (Å²) in [5.74, 6) is -0.0229. The monoisotopic (exact) mass is 877 g/mol. The Hall–Kier alpha value is -1.59. The molecule has 6 nitrogen and oxygen atoms in total. The lowest BCUT2D eigenvalue weighted by Crippen LogP contribution is -2.30. The van der Waals surface area contributed by atoms with E-state index in [4.69, 9.17) is 14.2 Å². The Bertz CT molecular complexity index is 933. The van der Waals surface area contributed by atoms with Gasteiger partial charge >= 0.3 is 17.9 Å². The van der Waals surface area contributed by atoms with Crippen LogP contribution in [0.5, 0.6) is 0 Å². The van der Waals surface area contributed by atoms with Crippen LogP contribution in [-0.4, -0.2) is 37.2 Å². The van der Waals surface area contributed by atoms with Gasteiger partial charge in [-0.15, -0.1) is 0 Å². The number of esters is 3. The van der Waals surface area contributed by atoms with Crippen LogP contribution in [0.15, 0.2) is 0 Å². The smallest absolute Gasteiger partial charge is 0.306 e. The van der Waals surface area contributed by atoms with E-state index in [1.165, 1.54) is 212 Å². The standard InChI is InChI=1S/C56H108O6/c1-5-7-9-11-13-15-17-19-21-22-23-25-27-32-36-40-44-48-55(58)61-51-53(62-56(59)49-45-41-37-33-29-28-30-34-38-42-46-52(3)4)50-60-54(57)47-43-39-35-31-26-24-20-18-16-14-12-10-8-6-2/h52-53H,5-51H2,1-4H3/t53-/m1/s1. The fraction of sp³-hybridized carbons (Fsp3) is 0.946. The molecule has 0 aromatic carbocycles. The topological polar surface area (TPSA) is 78.9 Å². The Morgan fingerprint density at radius 2 is 0.532 bits per heavy atom. The van der Waals surface area contributed by atoms with E-state index in [1.807, 2.05) is 0 Å². The van der Waals surface area contributed by atoms with Crippen molar-refractivity contribution in [3.8, 4) is 0 Å². The van der Waals surface area contributed by atoms with Gasteiger partial charge in [-0.1, -0.05) is 278 Å². The molecule has 0 unspecified atom stereocenters. The van der Waals surface area contributed by atoms with Crippen LogP contribution in [-0.2, 0) is 28.6 Å². The summed E-state index contributed by atoms with van der Waals surface area (Å²) in [4.78, 5) is 38.0. The molecule has 0 aromatic rings. The second-order valence-corrected chi connectivity index (χ2v) is 19.7. The van der Waals surface area contributed by atoms with Gasteiger partial charge in [0.1, 0.15) is 13.2 Å². The zero-order chi connectivity index (χ0) is 45.2. The molecule has 6 heteroatoms. The Kier molecular flexibility index (Phi) is 49.1. The van der Waals surface area contributed by atoms with Crippen molar-refractivity contribution in [1.29, 1.82) is 0 Å². The van der Waals surface area contributed by atoms with E-state index in [-0.39, 0.29) is 31.1 Å². The van der Waals surface area contributed by atoms with Gasteiger partial charge in [0, 0.05) is 19.3 Å². The normalized spacial score (nSPS) is 12.0. The molecule has 0 saturated carbocycles. The first-order valence-electron chi connectivity index (χ1n) is 27.9. The van der Waals surface area contributed by atoms with E-state index >= 15 is 0 Å². The highest BCUT2D eigenvalue weighted by molar-refractivity contribution is 5.71. The van der Waals surface area contributed by atoms with Gasteiger partial charge in [-0.3, -0.25) is 14.4 Å². The second kappa shape index (κ2) is 50.4. The number of hydrogen-bond acceptors (Lipinski definition) is 6. The lowest BCUT2D eigenvalue weighted by Gasteiger charge is -2.18. The van der Waals surface area contributed by atoms with Crippen LogP contribution in [0, 0.1) is 5.92 Å². The predicted octanol–water partition coefficient (Wildman–Crippen LogP) is 18.2. The van der Waals surface area contributed by atoms with Gasteiger partial charge in [-0.2, -0.15) is 0 Å². The summed E-state index contributed by atoms with van der Waals surface area (Å²) in [6.07, 6.45) is 53.7. The lowest BCUT2D eigenvalue weighted by molar-refractivity contribution is -0.167. The fourth-order valence-electron chi connectivity index (χ4n) is 8.57. The third kappa shape index (κ3) is 49.4. The molecule has 0 aliphatic heterocycles. The van der Waals surface area contributed by atoms with E-state index in [0.29, 0.717) is 19.3 Å². The minimum atomic E-state index is -0.761. The highest BCUT2D eigenvalue weighted by Crippen LogP contribution is 2.18. The van der Waals surface area contributed by atoms with Gasteiger partial charge in [-0.25, -0.2) is 0 Å². The van der Waals surface area contributed by atoms with E-state index in [1.54, 1.807) is 0 Å².